The second-order valence-corrected chi connectivity index (χ2v) is 20.6. The third-order valence-corrected chi connectivity index (χ3v) is 13.4. The standard InChI is InChI=1S/5C14H12O3S.5FH/c5*1-16-11-4-2-10(3-5-11)14(15)17-12-6-8-13(18)9-7-12;;;;;/h5*2-9,18H,1H3;5*1H. The highest BCUT2D eigenvalue weighted by molar-refractivity contribution is 7.81. The molecule has 0 saturated carbocycles. The molecule has 500 valence electrons. The summed E-state index contributed by atoms with van der Waals surface area (Å²) in [4.78, 5) is 63.2. The van der Waals surface area contributed by atoms with Crippen LogP contribution in [0.4, 0.5) is 23.5 Å². The molecule has 0 aliphatic carbocycles. The Morgan fingerprint density at radius 1 is 0.189 bits per heavy atom. The first-order valence-electron chi connectivity index (χ1n) is 26.7. The van der Waals surface area contributed by atoms with Gasteiger partial charge in [0.25, 0.3) is 0 Å². The fourth-order valence-electron chi connectivity index (χ4n) is 7.04. The molecule has 25 heteroatoms. The first-order valence-corrected chi connectivity index (χ1v) is 28.9. The Kier molecular flexibility index (Phi) is 38.2. The maximum absolute atomic E-state index is 11.8. The third-order valence-electron chi connectivity index (χ3n) is 11.9. The fourth-order valence-corrected chi connectivity index (χ4v) is 7.78. The summed E-state index contributed by atoms with van der Waals surface area (Å²) in [5.41, 5.74) is 2.39. The van der Waals surface area contributed by atoms with Crippen LogP contribution in [0.25, 0.3) is 0 Å². The van der Waals surface area contributed by atoms with Gasteiger partial charge in [0.2, 0.25) is 0 Å². The van der Waals surface area contributed by atoms with Gasteiger partial charge in [-0.3, -0.25) is 23.5 Å². The summed E-state index contributed by atoms with van der Waals surface area (Å²) in [5.74, 6) is 3.98. The van der Waals surface area contributed by atoms with Crippen molar-refractivity contribution in [2.24, 2.45) is 0 Å². The number of carbonyl (C=O) groups is 5. The SMILES string of the molecule is COc1ccc(C(=O)Oc2ccc(S)cc2)cc1.COc1ccc(C(=O)Oc2ccc(S)cc2)cc1.COc1ccc(C(=O)Oc2ccc(S)cc2)cc1.COc1ccc(C(=O)Oc2ccc(S)cc2)cc1.COc1ccc(C(=O)Oc2ccc(S)cc2)cc1.F.F.F.F.F. The number of methoxy groups -OCH3 is 5. The van der Waals surface area contributed by atoms with Crippen molar-refractivity contribution in [3.63, 3.8) is 0 Å². The molecule has 0 atom stereocenters. The Hall–Kier alpha value is -10.1. The van der Waals surface area contributed by atoms with Gasteiger partial charge in [-0.15, -0.1) is 63.1 Å². The number of hydrogen-bond donors (Lipinski definition) is 5. The molecule has 0 aromatic heterocycles. The summed E-state index contributed by atoms with van der Waals surface area (Å²) < 4.78 is 51.2. The van der Waals surface area contributed by atoms with E-state index < -0.39 is 29.8 Å². The molecule has 0 aliphatic heterocycles. The molecule has 0 amide bonds. The zero-order valence-corrected chi connectivity index (χ0v) is 55.5. The van der Waals surface area contributed by atoms with Gasteiger partial charge < -0.3 is 47.4 Å². The molecular formula is C70H65F5O15S5. The topological polar surface area (TPSA) is 178 Å². The third kappa shape index (κ3) is 28.8. The van der Waals surface area contributed by atoms with Crippen molar-refractivity contribution in [1.29, 1.82) is 0 Å². The molecule has 0 unspecified atom stereocenters. The molecule has 0 N–H and O–H groups in total. The Bertz CT molecular complexity index is 3290. The maximum atomic E-state index is 11.8. The van der Waals surface area contributed by atoms with E-state index in [1.54, 1.807) is 278 Å². The lowest BCUT2D eigenvalue weighted by molar-refractivity contribution is 0.0725. The van der Waals surface area contributed by atoms with E-state index in [1.807, 2.05) is 0 Å². The molecule has 0 saturated heterocycles. The van der Waals surface area contributed by atoms with Crippen LogP contribution in [0.2, 0.25) is 0 Å². The van der Waals surface area contributed by atoms with E-state index in [1.165, 1.54) is 0 Å². The second-order valence-electron chi connectivity index (χ2n) is 18.1. The van der Waals surface area contributed by atoms with Gasteiger partial charge >= 0.3 is 29.8 Å². The van der Waals surface area contributed by atoms with E-state index in [4.69, 9.17) is 47.4 Å². The molecule has 0 spiro atoms. The van der Waals surface area contributed by atoms with Crippen LogP contribution < -0.4 is 47.4 Å². The molecule has 10 aromatic carbocycles. The summed E-state index contributed by atoms with van der Waals surface area (Å²) in [5, 5.41) is 0. The number of esters is 5. The minimum atomic E-state index is -0.399. The van der Waals surface area contributed by atoms with Crippen LogP contribution in [0.15, 0.2) is 267 Å². The largest absolute Gasteiger partial charge is 0.497 e. The molecule has 10 rings (SSSR count). The van der Waals surface area contributed by atoms with Crippen molar-refractivity contribution in [1.82, 2.24) is 0 Å². The van der Waals surface area contributed by atoms with Crippen LogP contribution in [0, 0.1) is 0 Å². The van der Waals surface area contributed by atoms with Crippen molar-refractivity contribution in [3.05, 3.63) is 270 Å². The van der Waals surface area contributed by atoms with E-state index in [0.29, 0.717) is 85.3 Å². The normalized spacial score (nSPS) is 9.37. The van der Waals surface area contributed by atoms with E-state index in [9.17, 15) is 24.0 Å². The Balaban J connectivity index is 0.000000586. The monoisotopic (exact) mass is 1400 g/mol. The van der Waals surface area contributed by atoms with Crippen molar-refractivity contribution in [2.75, 3.05) is 35.5 Å². The molecule has 95 heavy (non-hydrogen) atoms. The van der Waals surface area contributed by atoms with Gasteiger partial charge in [0.1, 0.15) is 57.5 Å². The van der Waals surface area contributed by atoms with Crippen molar-refractivity contribution in [2.45, 2.75) is 24.5 Å². The Morgan fingerprint density at radius 2 is 0.295 bits per heavy atom. The predicted octanol–water partition coefficient (Wildman–Crippen LogP) is 16.8. The molecule has 15 nitrogen and oxygen atoms in total. The Morgan fingerprint density at radius 3 is 0.400 bits per heavy atom. The van der Waals surface area contributed by atoms with Gasteiger partial charge in [0.15, 0.2) is 0 Å². The zero-order valence-electron chi connectivity index (χ0n) is 51.0. The summed E-state index contributed by atoms with van der Waals surface area (Å²) in [6.07, 6.45) is 0. The van der Waals surface area contributed by atoms with Gasteiger partial charge in [-0.05, 0) is 243 Å². The average molecular weight is 1400 g/mol. The van der Waals surface area contributed by atoms with Gasteiger partial charge in [0, 0.05) is 24.5 Å². The number of carbonyl (C=O) groups excluding carboxylic acids is 5. The summed E-state index contributed by atoms with van der Waals surface area (Å²) in [6, 6.07) is 68.4. The number of benzene rings is 10. The zero-order chi connectivity index (χ0) is 64.8. The smallest absolute Gasteiger partial charge is 0.343 e. The molecular weight excluding hydrogens is 1340 g/mol. The minimum Gasteiger partial charge on any atom is -0.497 e. The highest BCUT2D eigenvalue weighted by Crippen LogP contribution is 2.23. The maximum Gasteiger partial charge on any atom is 0.343 e. The average Bonchev–Trinajstić information content (AvgIpc) is 1.47. The van der Waals surface area contributed by atoms with Crippen molar-refractivity contribution in [3.8, 4) is 57.5 Å². The summed E-state index contributed by atoms with van der Waals surface area (Å²) in [6.45, 7) is 0. The van der Waals surface area contributed by atoms with Crippen molar-refractivity contribution >= 4 is 93.0 Å². The molecule has 0 bridgehead atoms. The van der Waals surface area contributed by atoms with Crippen LogP contribution in [0.3, 0.4) is 0 Å². The number of hydrogen-bond acceptors (Lipinski definition) is 20. The second kappa shape index (κ2) is 43.7. The predicted molar refractivity (Wildman–Crippen MR) is 371 cm³/mol. The number of thiol groups is 5. The van der Waals surface area contributed by atoms with Crippen molar-refractivity contribution < 1.29 is 94.9 Å². The van der Waals surface area contributed by atoms with Gasteiger partial charge in [0.05, 0.1) is 63.4 Å². The van der Waals surface area contributed by atoms with Crippen LogP contribution in [0.5, 0.6) is 57.5 Å². The highest BCUT2D eigenvalue weighted by Gasteiger charge is 2.13. The van der Waals surface area contributed by atoms with Crippen LogP contribution in [-0.2, 0) is 0 Å². The molecule has 10 aromatic rings. The number of rotatable bonds is 15. The lowest BCUT2D eigenvalue weighted by Gasteiger charge is -2.05. The van der Waals surface area contributed by atoms with Gasteiger partial charge in [-0.2, -0.15) is 0 Å². The van der Waals surface area contributed by atoms with Gasteiger partial charge in [-0.1, -0.05) is 0 Å². The van der Waals surface area contributed by atoms with E-state index >= 15 is 0 Å². The molecule has 0 fully saturated rings. The van der Waals surface area contributed by atoms with Crippen LogP contribution >= 0.6 is 63.1 Å². The lowest BCUT2D eigenvalue weighted by atomic mass is 10.2. The fraction of sp³-hybridized carbons (Fsp3) is 0.0714. The first kappa shape index (κ1) is 83.0. The van der Waals surface area contributed by atoms with E-state index in [2.05, 4.69) is 63.1 Å². The first-order chi connectivity index (χ1) is 43.4. The number of halogens is 5. The van der Waals surface area contributed by atoms with Gasteiger partial charge in [-0.25, -0.2) is 24.0 Å². The van der Waals surface area contributed by atoms with Crippen LogP contribution in [0.1, 0.15) is 51.8 Å². The molecule has 0 aliphatic rings. The lowest BCUT2D eigenvalue weighted by Crippen LogP contribution is -2.08. The van der Waals surface area contributed by atoms with Crippen LogP contribution in [-0.4, -0.2) is 65.4 Å². The molecule has 0 heterocycles. The van der Waals surface area contributed by atoms with E-state index in [0.717, 1.165) is 24.5 Å². The van der Waals surface area contributed by atoms with E-state index in [-0.39, 0.29) is 23.5 Å². The summed E-state index contributed by atoms with van der Waals surface area (Å²) >= 11 is 20.8. The molecule has 0 radical (unpaired) electrons. The quantitative estimate of drug-likeness (QED) is 0.0283. The highest BCUT2D eigenvalue weighted by atomic mass is 32.1. The minimum absolute atomic E-state index is 0. The Labute approximate surface area is 572 Å². The summed E-state index contributed by atoms with van der Waals surface area (Å²) in [7, 11) is 7.88. The number of ether oxygens (including phenoxy) is 10.